The number of fused-ring (bicyclic) bond motifs is 1. The Morgan fingerprint density at radius 1 is 1.11 bits per heavy atom. The maximum atomic E-state index is 14.3. The van der Waals surface area contributed by atoms with Crippen molar-refractivity contribution >= 4 is 27.4 Å². The maximum absolute atomic E-state index is 14.3. The Kier molecular flexibility index (Phi) is 4.54. The normalized spacial score (nSPS) is 17.1. The van der Waals surface area contributed by atoms with Crippen LogP contribution >= 0.6 is 11.3 Å². The van der Waals surface area contributed by atoms with E-state index in [-0.39, 0.29) is 5.82 Å². The van der Waals surface area contributed by atoms with Crippen molar-refractivity contribution in [2.24, 2.45) is 0 Å². The molecule has 0 radical (unpaired) electrons. The van der Waals surface area contributed by atoms with E-state index in [0.717, 1.165) is 51.7 Å². The average Bonchev–Trinajstić information content (AvgIpc) is 3.36. The summed E-state index contributed by atoms with van der Waals surface area (Å²) in [7, 11) is 0. The third-order valence-corrected chi connectivity index (χ3v) is 6.05. The Morgan fingerprint density at radius 3 is 2.89 bits per heavy atom. The van der Waals surface area contributed by atoms with Crippen molar-refractivity contribution in [2.75, 3.05) is 18.4 Å². The van der Waals surface area contributed by atoms with Crippen LogP contribution in [-0.2, 0) is 0 Å². The molecule has 1 unspecified atom stereocenters. The lowest BCUT2D eigenvalue weighted by Gasteiger charge is -2.23. The van der Waals surface area contributed by atoms with Gasteiger partial charge in [-0.25, -0.2) is 4.39 Å². The molecule has 5 rings (SSSR count). The first kappa shape index (κ1) is 17.3. The summed E-state index contributed by atoms with van der Waals surface area (Å²) in [6, 6.07) is 13.3. The van der Waals surface area contributed by atoms with E-state index in [1.54, 1.807) is 23.5 Å². The van der Waals surface area contributed by atoms with Crippen LogP contribution in [0.15, 0.2) is 48.7 Å². The number of nitrogens with zero attached hydrogens (tertiary/aromatic N) is 2. The van der Waals surface area contributed by atoms with E-state index in [4.69, 9.17) is 0 Å². The quantitative estimate of drug-likeness (QED) is 0.472. The second-order valence-corrected chi connectivity index (χ2v) is 8.02. The lowest BCUT2D eigenvalue weighted by molar-refractivity contribution is 0.479. The summed E-state index contributed by atoms with van der Waals surface area (Å²) < 4.78 is 14.3. The average molecular weight is 393 g/mol. The number of piperidine rings is 1. The number of H-pyrrole nitrogens is 1. The first-order valence-electron chi connectivity index (χ1n) is 9.45. The molecule has 1 aliphatic heterocycles. The predicted molar refractivity (Wildman–Crippen MR) is 112 cm³/mol. The summed E-state index contributed by atoms with van der Waals surface area (Å²) in [6.45, 7) is 2.04. The van der Waals surface area contributed by atoms with Crippen molar-refractivity contribution in [3.05, 3.63) is 54.5 Å². The zero-order valence-corrected chi connectivity index (χ0v) is 16.0. The first-order chi connectivity index (χ1) is 13.8. The van der Waals surface area contributed by atoms with Gasteiger partial charge in [0.25, 0.3) is 0 Å². The molecular weight excluding hydrogens is 373 g/mol. The molecule has 0 aliphatic carbocycles. The fourth-order valence-electron chi connectivity index (χ4n) is 3.70. The van der Waals surface area contributed by atoms with E-state index in [9.17, 15) is 4.39 Å². The Balaban J connectivity index is 1.47. The van der Waals surface area contributed by atoms with Gasteiger partial charge in [0.15, 0.2) is 0 Å². The van der Waals surface area contributed by atoms with E-state index in [0.29, 0.717) is 11.6 Å². The molecule has 3 heterocycles. The zero-order valence-electron chi connectivity index (χ0n) is 15.2. The third-order valence-electron chi connectivity index (χ3n) is 5.14. The molecule has 142 valence electrons. The number of hydrogen-bond donors (Lipinski definition) is 3. The molecule has 28 heavy (non-hydrogen) atoms. The largest absolute Gasteiger partial charge is 0.361 e. The van der Waals surface area contributed by atoms with Gasteiger partial charge in [-0.2, -0.15) is 0 Å². The Bertz CT molecular complexity index is 1110. The van der Waals surface area contributed by atoms with Crippen LogP contribution in [0.2, 0.25) is 0 Å². The van der Waals surface area contributed by atoms with Gasteiger partial charge in [0.1, 0.15) is 10.8 Å². The fraction of sp³-hybridized carbons (Fsp3) is 0.238. The van der Waals surface area contributed by atoms with Crippen LogP contribution in [0.3, 0.4) is 0 Å². The number of hydrogen-bond acceptors (Lipinski definition) is 5. The summed E-state index contributed by atoms with van der Waals surface area (Å²) in [5.41, 5.74) is 3.40. The Hall–Kier alpha value is -2.77. The molecule has 2 aromatic carbocycles. The molecule has 4 aromatic rings. The van der Waals surface area contributed by atoms with Gasteiger partial charge in [-0.15, -0.1) is 10.2 Å². The van der Waals surface area contributed by atoms with Gasteiger partial charge in [0, 0.05) is 46.4 Å². The number of benzene rings is 2. The smallest absolute Gasteiger partial charge is 0.206 e. The standard InChI is InChI=1S/C21H20FN5S/c22-18-6-2-1-5-15(18)17-12-24-19-8-7-13(10-16(17)19)20-26-27-21(28-20)25-14-4-3-9-23-11-14/h1-2,5-8,10,12,14,23-24H,3-4,9,11H2,(H,25,27). The molecule has 0 bridgehead atoms. The van der Waals surface area contributed by atoms with Gasteiger partial charge in [0.05, 0.1) is 0 Å². The van der Waals surface area contributed by atoms with Crippen molar-refractivity contribution in [1.29, 1.82) is 0 Å². The Morgan fingerprint density at radius 2 is 2.04 bits per heavy atom. The molecule has 0 saturated carbocycles. The Labute approximate surface area is 166 Å². The van der Waals surface area contributed by atoms with Gasteiger partial charge in [-0.1, -0.05) is 29.5 Å². The van der Waals surface area contributed by atoms with Crippen LogP contribution in [-0.4, -0.2) is 34.3 Å². The van der Waals surface area contributed by atoms with Crippen LogP contribution in [0.4, 0.5) is 9.52 Å². The summed E-state index contributed by atoms with van der Waals surface area (Å²) in [5.74, 6) is -0.225. The summed E-state index contributed by atoms with van der Waals surface area (Å²) >= 11 is 1.55. The van der Waals surface area contributed by atoms with Crippen LogP contribution in [0.25, 0.3) is 32.6 Å². The van der Waals surface area contributed by atoms with Gasteiger partial charge < -0.3 is 15.6 Å². The van der Waals surface area contributed by atoms with Crippen molar-refractivity contribution in [1.82, 2.24) is 20.5 Å². The summed E-state index contributed by atoms with van der Waals surface area (Å²) in [6.07, 6.45) is 4.17. The van der Waals surface area contributed by atoms with Crippen molar-refractivity contribution in [2.45, 2.75) is 18.9 Å². The lowest BCUT2D eigenvalue weighted by Crippen LogP contribution is -2.38. The molecule has 0 amide bonds. The van der Waals surface area contributed by atoms with Gasteiger partial charge >= 0.3 is 0 Å². The molecule has 5 nitrogen and oxygen atoms in total. The minimum Gasteiger partial charge on any atom is -0.361 e. The van der Waals surface area contributed by atoms with Crippen molar-refractivity contribution in [3.8, 4) is 21.7 Å². The van der Waals surface area contributed by atoms with E-state index in [1.165, 1.54) is 12.5 Å². The monoisotopic (exact) mass is 393 g/mol. The van der Waals surface area contributed by atoms with E-state index in [1.807, 2.05) is 24.4 Å². The van der Waals surface area contributed by atoms with Crippen molar-refractivity contribution < 1.29 is 4.39 Å². The maximum Gasteiger partial charge on any atom is 0.206 e. The molecule has 0 spiro atoms. The highest BCUT2D eigenvalue weighted by Crippen LogP contribution is 2.34. The van der Waals surface area contributed by atoms with Gasteiger partial charge in [-0.3, -0.25) is 0 Å². The van der Waals surface area contributed by atoms with Crippen LogP contribution in [0.5, 0.6) is 0 Å². The van der Waals surface area contributed by atoms with Gasteiger partial charge in [0.2, 0.25) is 5.13 Å². The number of aromatic amines is 1. The van der Waals surface area contributed by atoms with Crippen LogP contribution < -0.4 is 10.6 Å². The molecule has 1 atom stereocenters. The number of nitrogens with one attached hydrogen (secondary N) is 3. The second kappa shape index (κ2) is 7.33. The fourth-order valence-corrected chi connectivity index (χ4v) is 4.52. The zero-order chi connectivity index (χ0) is 18.9. The minimum atomic E-state index is -0.225. The minimum absolute atomic E-state index is 0.225. The molecule has 2 aromatic heterocycles. The number of anilines is 1. The lowest BCUT2D eigenvalue weighted by atomic mass is 10.0. The predicted octanol–water partition coefficient (Wildman–Crippen LogP) is 4.66. The van der Waals surface area contributed by atoms with Crippen molar-refractivity contribution in [3.63, 3.8) is 0 Å². The molecule has 3 N–H and O–H groups in total. The highest BCUT2D eigenvalue weighted by Gasteiger charge is 2.16. The highest BCUT2D eigenvalue weighted by atomic mass is 32.1. The van der Waals surface area contributed by atoms with Crippen LogP contribution in [0.1, 0.15) is 12.8 Å². The molecule has 7 heteroatoms. The van der Waals surface area contributed by atoms with Crippen LogP contribution in [0, 0.1) is 5.82 Å². The summed E-state index contributed by atoms with van der Waals surface area (Å²) in [4.78, 5) is 3.23. The highest BCUT2D eigenvalue weighted by molar-refractivity contribution is 7.18. The summed E-state index contributed by atoms with van der Waals surface area (Å²) in [5, 5.41) is 18.2. The topological polar surface area (TPSA) is 65.6 Å². The second-order valence-electron chi connectivity index (χ2n) is 7.04. The first-order valence-corrected chi connectivity index (χ1v) is 10.3. The number of rotatable bonds is 4. The molecule has 1 fully saturated rings. The number of aromatic nitrogens is 3. The van der Waals surface area contributed by atoms with E-state index in [2.05, 4.69) is 31.9 Å². The third kappa shape index (κ3) is 3.27. The van der Waals surface area contributed by atoms with E-state index >= 15 is 0 Å². The number of halogens is 1. The molecular formula is C21H20FN5S. The molecule has 1 saturated heterocycles. The van der Waals surface area contributed by atoms with Gasteiger partial charge in [-0.05, 0) is 43.7 Å². The molecule has 1 aliphatic rings. The SMILES string of the molecule is Fc1ccccc1-c1c[nH]c2ccc(-c3nnc(NC4CCCNC4)s3)cc12. The van der Waals surface area contributed by atoms with E-state index < -0.39 is 0 Å².